The van der Waals surface area contributed by atoms with Crippen molar-refractivity contribution in [1.82, 2.24) is 20.3 Å². The van der Waals surface area contributed by atoms with Gasteiger partial charge < -0.3 is 10.6 Å². The Hall–Kier alpha value is -0.130. The largest absolute Gasteiger partial charge is 0.356 e. The van der Waals surface area contributed by atoms with Crippen LogP contribution in [-0.4, -0.2) is 70.8 Å². The number of aliphatic imine (C=N–C) groups is 1. The van der Waals surface area contributed by atoms with Gasteiger partial charge in [-0.25, -0.2) is 13.1 Å². The highest BCUT2D eigenvalue weighted by Gasteiger charge is 2.22. The predicted octanol–water partition coefficient (Wildman–Crippen LogP) is 2.00. The first-order valence-electron chi connectivity index (χ1n) is 10.1. The molecule has 0 bridgehead atoms. The fourth-order valence-corrected chi connectivity index (χ4v) is 3.92. The lowest BCUT2D eigenvalue weighted by molar-refractivity contribution is 0.161. The number of likely N-dealkylation sites (tertiary alicyclic amines) is 1. The number of sulfonamides is 1. The number of halogens is 1. The summed E-state index contributed by atoms with van der Waals surface area (Å²) in [5, 5.41) is 6.71. The molecule has 1 atom stereocenters. The van der Waals surface area contributed by atoms with E-state index < -0.39 is 10.0 Å². The van der Waals surface area contributed by atoms with Gasteiger partial charge in [0, 0.05) is 32.7 Å². The lowest BCUT2D eigenvalue weighted by Crippen LogP contribution is -2.50. The second-order valence-electron chi connectivity index (χ2n) is 7.29. The second kappa shape index (κ2) is 14.8. The Labute approximate surface area is 183 Å². The molecule has 1 aliphatic rings. The minimum absolute atomic E-state index is 0. The highest BCUT2D eigenvalue weighted by atomic mass is 127. The first-order valence-corrected chi connectivity index (χ1v) is 11.7. The number of hydrogen-bond donors (Lipinski definition) is 3. The van der Waals surface area contributed by atoms with Crippen LogP contribution in [0.5, 0.6) is 0 Å². The van der Waals surface area contributed by atoms with Crippen LogP contribution in [0.2, 0.25) is 0 Å². The molecule has 1 fully saturated rings. The van der Waals surface area contributed by atoms with Gasteiger partial charge in [0.15, 0.2) is 5.96 Å². The number of nitrogens with one attached hydrogen (secondary N) is 3. The average molecular weight is 518 g/mol. The van der Waals surface area contributed by atoms with Crippen LogP contribution in [0.3, 0.4) is 0 Å². The van der Waals surface area contributed by atoms with E-state index in [1.807, 2.05) is 0 Å². The van der Waals surface area contributed by atoms with Gasteiger partial charge in [0.2, 0.25) is 10.0 Å². The van der Waals surface area contributed by atoms with E-state index in [0.29, 0.717) is 25.0 Å². The minimum Gasteiger partial charge on any atom is -0.356 e. The second-order valence-corrected chi connectivity index (χ2v) is 9.39. The van der Waals surface area contributed by atoms with E-state index in [0.717, 1.165) is 18.9 Å². The Morgan fingerprint density at radius 3 is 2.22 bits per heavy atom. The van der Waals surface area contributed by atoms with Crippen molar-refractivity contribution in [2.24, 2.45) is 10.9 Å². The van der Waals surface area contributed by atoms with Crippen molar-refractivity contribution < 1.29 is 8.42 Å². The van der Waals surface area contributed by atoms with E-state index >= 15 is 0 Å². The van der Waals surface area contributed by atoms with Crippen LogP contribution in [0.25, 0.3) is 0 Å². The van der Waals surface area contributed by atoms with Crippen molar-refractivity contribution in [3.8, 4) is 0 Å². The van der Waals surface area contributed by atoms with E-state index in [4.69, 9.17) is 0 Å². The fourth-order valence-electron chi connectivity index (χ4n) is 3.26. The fraction of sp³-hybridized carbons (Fsp3) is 0.944. The Kier molecular flexibility index (Phi) is 14.7. The molecule has 1 unspecified atom stereocenters. The highest BCUT2D eigenvalue weighted by Crippen LogP contribution is 2.16. The molecule has 1 aliphatic heterocycles. The molecule has 0 aromatic carbocycles. The van der Waals surface area contributed by atoms with Crippen LogP contribution < -0.4 is 15.4 Å². The summed E-state index contributed by atoms with van der Waals surface area (Å²) in [5.74, 6) is 1.49. The molecule has 0 radical (unpaired) electrons. The summed E-state index contributed by atoms with van der Waals surface area (Å²) < 4.78 is 25.4. The molecule has 7 nitrogen and oxygen atoms in total. The summed E-state index contributed by atoms with van der Waals surface area (Å²) in [5.41, 5.74) is 0. The maximum Gasteiger partial charge on any atom is 0.211 e. The van der Waals surface area contributed by atoms with Crippen molar-refractivity contribution in [2.45, 2.75) is 58.9 Å². The quantitative estimate of drug-likeness (QED) is 0.179. The third kappa shape index (κ3) is 11.5. The van der Waals surface area contributed by atoms with Gasteiger partial charge >= 0.3 is 0 Å². The van der Waals surface area contributed by atoms with E-state index in [-0.39, 0.29) is 29.7 Å². The molecule has 1 heterocycles. The topological polar surface area (TPSA) is 85.8 Å². The van der Waals surface area contributed by atoms with Gasteiger partial charge in [-0.1, -0.05) is 26.7 Å². The van der Waals surface area contributed by atoms with Crippen molar-refractivity contribution >= 4 is 40.0 Å². The number of nitrogens with zero attached hydrogens (tertiary/aromatic N) is 2. The molecule has 162 valence electrons. The van der Waals surface area contributed by atoms with Crippen LogP contribution in [0.15, 0.2) is 4.99 Å². The Bertz CT molecular complexity index is 506. The van der Waals surface area contributed by atoms with Crippen molar-refractivity contribution in [2.75, 3.05) is 45.5 Å². The number of rotatable bonds is 10. The van der Waals surface area contributed by atoms with Gasteiger partial charge in [-0.2, -0.15) is 0 Å². The van der Waals surface area contributed by atoms with Gasteiger partial charge in [0.1, 0.15) is 0 Å². The molecule has 9 heteroatoms. The summed E-state index contributed by atoms with van der Waals surface area (Å²) >= 11 is 0. The Morgan fingerprint density at radius 1 is 1.07 bits per heavy atom. The third-order valence-electron chi connectivity index (χ3n) is 4.93. The lowest BCUT2D eigenvalue weighted by atomic mass is 10.0. The van der Waals surface area contributed by atoms with E-state index in [1.165, 1.54) is 38.8 Å². The number of guanidine groups is 1. The van der Waals surface area contributed by atoms with Gasteiger partial charge in [0.25, 0.3) is 0 Å². The molecular weight excluding hydrogens is 477 g/mol. The van der Waals surface area contributed by atoms with Gasteiger partial charge in [-0.15, -0.1) is 24.0 Å². The summed E-state index contributed by atoms with van der Waals surface area (Å²) in [6, 6.07) is 0.503. The van der Waals surface area contributed by atoms with Gasteiger partial charge in [-0.3, -0.25) is 9.89 Å². The molecule has 0 amide bonds. The maximum absolute atomic E-state index is 11.4. The molecule has 1 rings (SSSR count). The Morgan fingerprint density at radius 2 is 1.70 bits per heavy atom. The highest BCUT2D eigenvalue weighted by molar-refractivity contribution is 14.0. The lowest BCUT2D eigenvalue weighted by Gasteiger charge is -2.34. The standard InChI is InChI=1S/C18H39N5O2S.HI/c1-5-26(24,25)22-12-10-11-20-18(19-4)21-15-17(16(2)3)23-13-8-6-7-9-14-23;/h16-17,22H,5-15H2,1-4H3,(H2,19,20,21);1H. The smallest absolute Gasteiger partial charge is 0.211 e. The molecule has 0 aromatic rings. The van der Waals surface area contributed by atoms with Gasteiger partial charge in [-0.05, 0) is 45.2 Å². The summed E-state index contributed by atoms with van der Waals surface area (Å²) in [6.45, 7) is 10.6. The zero-order valence-corrected chi connectivity index (χ0v) is 20.6. The monoisotopic (exact) mass is 517 g/mol. The third-order valence-corrected chi connectivity index (χ3v) is 6.33. The van der Waals surface area contributed by atoms with E-state index in [2.05, 4.69) is 39.1 Å². The molecule has 0 spiro atoms. The van der Waals surface area contributed by atoms with Crippen LogP contribution in [0, 0.1) is 5.92 Å². The zero-order valence-electron chi connectivity index (χ0n) is 17.5. The van der Waals surface area contributed by atoms with Gasteiger partial charge in [0.05, 0.1) is 5.75 Å². The Balaban J connectivity index is 0.00000676. The van der Waals surface area contributed by atoms with Crippen LogP contribution in [0.1, 0.15) is 52.9 Å². The first kappa shape index (κ1) is 26.9. The van der Waals surface area contributed by atoms with Crippen LogP contribution in [-0.2, 0) is 10.0 Å². The predicted molar refractivity (Wildman–Crippen MR) is 126 cm³/mol. The molecule has 1 saturated heterocycles. The zero-order chi connectivity index (χ0) is 19.4. The molecule has 27 heavy (non-hydrogen) atoms. The normalized spacial score (nSPS) is 17.9. The van der Waals surface area contributed by atoms with Crippen molar-refractivity contribution in [1.29, 1.82) is 0 Å². The first-order chi connectivity index (χ1) is 12.4. The van der Waals surface area contributed by atoms with Crippen LogP contribution >= 0.6 is 24.0 Å². The number of hydrogen-bond acceptors (Lipinski definition) is 4. The van der Waals surface area contributed by atoms with E-state index in [9.17, 15) is 8.42 Å². The van der Waals surface area contributed by atoms with Crippen molar-refractivity contribution in [3.05, 3.63) is 0 Å². The molecule has 0 saturated carbocycles. The minimum atomic E-state index is -3.10. The molecule has 0 aromatic heterocycles. The molecular formula is C18H40IN5O2S. The molecule has 3 N–H and O–H groups in total. The summed E-state index contributed by atoms with van der Waals surface area (Å²) in [7, 11) is -1.33. The molecule has 0 aliphatic carbocycles. The van der Waals surface area contributed by atoms with Crippen molar-refractivity contribution in [3.63, 3.8) is 0 Å². The summed E-state index contributed by atoms with van der Waals surface area (Å²) in [6.07, 6.45) is 6.01. The van der Waals surface area contributed by atoms with E-state index in [1.54, 1.807) is 14.0 Å². The summed E-state index contributed by atoms with van der Waals surface area (Å²) in [4.78, 5) is 6.91. The van der Waals surface area contributed by atoms with Crippen LogP contribution in [0.4, 0.5) is 0 Å². The maximum atomic E-state index is 11.4. The SMILES string of the molecule is CCS(=O)(=O)NCCCNC(=NC)NCC(C(C)C)N1CCCCCC1.I. The average Bonchev–Trinajstić information content (AvgIpc) is 2.89.